The normalized spacial score (nSPS) is 17.0. The number of likely N-dealkylation sites (tertiary alicyclic amines) is 1. The van der Waals surface area contributed by atoms with Gasteiger partial charge in [0.15, 0.2) is 0 Å². The summed E-state index contributed by atoms with van der Waals surface area (Å²) in [7, 11) is 0. The Hall–Kier alpha value is -2.92. The SMILES string of the molecule is O=C(c1cccc(Cl)c1)N1CCC2(CC1)Nc1cc(O)ccc1-n1cccc12. The van der Waals surface area contributed by atoms with Crippen LogP contribution in [0.25, 0.3) is 5.69 Å². The van der Waals surface area contributed by atoms with Crippen molar-refractivity contribution in [2.75, 3.05) is 18.4 Å². The summed E-state index contributed by atoms with van der Waals surface area (Å²) in [5.41, 5.74) is 3.51. The van der Waals surface area contributed by atoms with Gasteiger partial charge in [-0.1, -0.05) is 17.7 Å². The largest absolute Gasteiger partial charge is 0.508 e. The van der Waals surface area contributed by atoms with Crippen LogP contribution < -0.4 is 5.32 Å². The van der Waals surface area contributed by atoms with Crippen LogP contribution in [-0.4, -0.2) is 33.6 Å². The molecule has 1 aromatic heterocycles. The van der Waals surface area contributed by atoms with Crippen molar-refractivity contribution in [3.8, 4) is 11.4 Å². The number of anilines is 1. The number of fused-ring (bicyclic) bond motifs is 4. The predicted octanol–water partition coefficient (Wildman–Crippen LogP) is 4.39. The van der Waals surface area contributed by atoms with E-state index in [1.54, 1.807) is 30.3 Å². The maximum absolute atomic E-state index is 12.9. The first kappa shape index (κ1) is 17.2. The number of hydrogen-bond donors (Lipinski definition) is 2. The van der Waals surface area contributed by atoms with E-state index >= 15 is 0 Å². The van der Waals surface area contributed by atoms with Gasteiger partial charge in [-0.3, -0.25) is 4.79 Å². The van der Waals surface area contributed by atoms with Gasteiger partial charge in [-0.05, 0) is 55.3 Å². The Morgan fingerprint density at radius 1 is 1.07 bits per heavy atom. The van der Waals surface area contributed by atoms with Gasteiger partial charge >= 0.3 is 0 Å². The molecule has 142 valence electrons. The summed E-state index contributed by atoms with van der Waals surface area (Å²) in [5.74, 6) is 0.257. The summed E-state index contributed by atoms with van der Waals surface area (Å²) in [5, 5.41) is 14.2. The highest BCUT2D eigenvalue weighted by Crippen LogP contribution is 2.44. The lowest BCUT2D eigenvalue weighted by Crippen LogP contribution is -2.51. The van der Waals surface area contributed by atoms with Crippen molar-refractivity contribution < 1.29 is 9.90 Å². The number of amides is 1. The first-order valence-corrected chi connectivity index (χ1v) is 9.78. The number of carbonyl (C=O) groups is 1. The first-order chi connectivity index (χ1) is 13.6. The second kappa shape index (κ2) is 6.31. The topological polar surface area (TPSA) is 57.5 Å². The van der Waals surface area contributed by atoms with Crippen molar-refractivity contribution in [1.82, 2.24) is 9.47 Å². The summed E-state index contributed by atoms with van der Waals surface area (Å²) in [6, 6.07) is 16.7. The van der Waals surface area contributed by atoms with Crippen molar-refractivity contribution in [1.29, 1.82) is 0 Å². The van der Waals surface area contributed by atoms with E-state index in [2.05, 4.69) is 22.1 Å². The maximum atomic E-state index is 12.9. The maximum Gasteiger partial charge on any atom is 0.253 e. The molecule has 2 N–H and O–H groups in total. The Labute approximate surface area is 168 Å². The number of benzene rings is 2. The molecule has 2 aliphatic rings. The zero-order valence-electron chi connectivity index (χ0n) is 15.2. The average molecular weight is 394 g/mol. The Morgan fingerprint density at radius 3 is 2.68 bits per heavy atom. The first-order valence-electron chi connectivity index (χ1n) is 9.40. The average Bonchev–Trinajstić information content (AvgIpc) is 3.19. The van der Waals surface area contributed by atoms with Crippen molar-refractivity contribution in [3.05, 3.63) is 77.1 Å². The van der Waals surface area contributed by atoms with Crippen LogP contribution in [0.15, 0.2) is 60.8 Å². The lowest BCUT2D eigenvalue weighted by Gasteiger charge is -2.46. The molecule has 0 radical (unpaired) electrons. The van der Waals surface area contributed by atoms with Crippen LogP contribution in [0.5, 0.6) is 5.75 Å². The molecule has 0 atom stereocenters. The van der Waals surface area contributed by atoms with Crippen LogP contribution in [0.1, 0.15) is 28.9 Å². The molecule has 0 unspecified atom stereocenters. The van der Waals surface area contributed by atoms with Crippen LogP contribution in [0.4, 0.5) is 5.69 Å². The lowest BCUT2D eigenvalue weighted by atomic mass is 9.82. The molecular formula is C22H20ClN3O2. The molecular weight excluding hydrogens is 374 g/mol. The quantitative estimate of drug-likeness (QED) is 0.644. The third-order valence-corrected chi connectivity index (χ3v) is 6.06. The fourth-order valence-corrected chi connectivity index (χ4v) is 4.60. The van der Waals surface area contributed by atoms with Gasteiger partial charge in [0.25, 0.3) is 5.91 Å². The fraction of sp³-hybridized carbons (Fsp3) is 0.227. The summed E-state index contributed by atoms with van der Waals surface area (Å²) in [6.45, 7) is 1.30. The molecule has 1 fully saturated rings. The number of phenols is 1. The summed E-state index contributed by atoms with van der Waals surface area (Å²) in [4.78, 5) is 14.8. The predicted molar refractivity (Wildman–Crippen MR) is 109 cm³/mol. The van der Waals surface area contributed by atoms with E-state index in [9.17, 15) is 9.90 Å². The van der Waals surface area contributed by atoms with Gasteiger partial charge in [0.2, 0.25) is 0 Å². The van der Waals surface area contributed by atoms with E-state index in [0.29, 0.717) is 23.7 Å². The number of nitrogens with zero attached hydrogens (tertiary/aromatic N) is 2. The van der Waals surface area contributed by atoms with Gasteiger partial charge in [0.05, 0.1) is 16.9 Å². The second-order valence-electron chi connectivity index (χ2n) is 7.47. The number of rotatable bonds is 1. The van der Waals surface area contributed by atoms with E-state index in [0.717, 1.165) is 24.2 Å². The highest BCUT2D eigenvalue weighted by Gasteiger charge is 2.42. The molecule has 1 saturated heterocycles. The van der Waals surface area contributed by atoms with Crippen LogP contribution in [0.2, 0.25) is 5.02 Å². The zero-order valence-corrected chi connectivity index (χ0v) is 16.0. The molecule has 5 nitrogen and oxygen atoms in total. The molecule has 5 rings (SSSR count). The molecule has 3 heterocycles. The number of nitrogens with one attached hydrogen (secondary N) is 1. The van der Waals surface area contributed by atoms with E-state index in [1.807, 2.05) is 23.1 Å². The van der Waals surface area contributed by atoms with Gasteiger partial charge < -0.3 is 19.9 Å². The van der Waals surface area contributed by atoms with E-state index in [1.165, 1.54) is 5.69 Å². The number of phenolic OH excluding ortho intramolecular Hbond substituents is 1. The van der Waals surface area contributed by atoms with Gasteiger partial charge in [-0.25, -0.2) is 0 Å². The van der Waals surface area contributed by atoms with Gasteiger partial charge in [0.1, 0.15) is 5.75 Å². The lowest BCUT2D eigenvalue weighted by molar-refractivity contribution is 0.0676. The van der Waals surface area contributed by atoms with Crippen molar-refractivity contribution in [2.24, 2.45) is 0 Å². The number of halogens is 1. The van der Waals surface area contributed by atoms with E-state index in [4.69, 9.17) is 11.6 Å². The molecule has 2 aliphatic heterocycles. The molecule has 28 heavy (non-hydrogen) atoms. The number of carbonyl (C=O) groups excluding carboxylic acids is 1. The Morgan fingerprint density at radius 2 is 1.89 bits per heavy atom. The monoisotopic (exact) mass is 393 g/mol. The van der Waals surface area contributed by atoms with Gasteiger partial charge in [0, 0.05) is 41.6 Å². The summed E-state index contributed by atoms with van der Waals surface area (Å²) >= 11 is 6.04. The minimum atomic E-state index is -0.255. The molecule has 0 saturated carbocycles. The van der Waals surface area contributed by atoms with Crippen LogP contribution in [0, 0.1) is 0 Å². The Bertz CT molecular complexity index is 1070. The summed E-state index contributed by atoms with van der Waals surface area (Å²) < 4.78 is 2.18. The van der Waals surface area contributed by atoms with Crippen LogP contribution in [-0.2, 0) is 5.54 Å². The molecule has 0 aliphatic carbocycles. The second-order valence-corrected chi connectivity index (χ2v) is 7.91. The fourth-order valence-electron chi connectivity index (χ4n) is 4.41. The van der Waals surface area contributed by atoms with Crippen molar-refractivity contribution >= 4 is 23.2 Å². The molecule has 6 heteroatoms. The molecule has 0 bridgehead atoms. The minimum absolute atomic E-state index is 0.0154. The van der Waals surface area contributed by atoms with Crippen molar-refractivity contribution in [2.45, 2.75) is 18.4 Å². The van der Waals surface area contributed by atoms with E-state index < -0.39 is 0 Å². The summed E-state index contributed by atoms with van der Waals surface area (Å²) in [6.07, 6.45) is 3.63. The Balaban J connectivity index is 1.42. The zero-order chi connectivity index (χ0) is 19.3. The van der Waals surface area contributed by atoms with Crippen LogP contribution >= 0.6 is 11.6 Å². The standard InChI is InChI=1S/C22H20ClN3O2/c23-16-4-1-3-15(13-16)21(28)25-11-8-22(9-12-25)20-5-2-10-26(20)19-7-6-17(27)14-18(19)24-22/h1-7,10,13-14,24,27H,8-9,11-12H2. The highest BCUT2D eigenvalue weighted by molar-refractivity contribution is 6.30. The smallest absolute Gasteiger partial charge is 0.253 e. The molecule has 2 aromatic carbocycles. The minimum Gasteiger partial charge on any atom is -0.508 e. The number of aromatic hydroxyl groups is 1. The number of hydrogen-bond acceptors (Lipinski definition) is 3. The van der Waals surface area contributed by atoms with Gasteiger partial charge in [-0.2, -0.15) is 0 Å². The van der Waals surface area contributed by atoms with Crippen LogP contribution in [0.3, 0.4) is 0 Å². The van der Waals surface area contributed by atoms with Crippen molar-refractivity contribution in [3.63, 3.8) is 0 Å². The molecule has 1 amide bonds. The Kier molecular flexibility index (Phi) is 3.88. The third kappa shape index (κ3) is 2.66. The number of piperidine rings is 1. The third-order valence-electron chi connectivity index (χ3n) is 5.83. The molecule has 1 spiro atoms. The number of aromatic nitrogens is 1. The molecule has 3 aromatic rings. The van der Waals surface area contributed by atoms with E-state index in [-0.39, 0.29) is 17.2 Å². The highest BCUT2D eigenvalue weighted by atomic mass is 35.5. The van der Waals surface area contributed by atoms with Gasteiger partial charge in [-0.15, -0.1) is 0 Å².